The van der Waals surface area contributed by atoms with E-state index in [-0.39, 0.29) is 0 Å². The van der Waals surface area contributed by atoms with Crippen LogP contribution in [0.5, 0.6) is 0 Å². The SMILES string of the molecule is CNC1CN2CCC1CC2. The molecule has 0 aliphatic carbocycles. The van der Waals surface area contributed by atoms with Crippen LogP contribution in [0.25, 0.3) is 0 Å². The number of nitrogens with zero attached hydrogens (tertiary/aromatic N) is 1. The van der Waals surface area contributed by atoms with Gasteiger partial charge in [-0.3, -0.25) is 0 Å². The summed E-state index contributed by atoms with van der Waals surface area (Å²) < 4.78 is 0. The van der Waals surface area contributed by atoms with E-state index in [1.54, 1.807) is 0 Å². The largest absolute Gasteiger partial charge is 0.315 e. The molecule has 3 saturated heterocycles. The number of hydrogen-bond donors (Lipinski definition) is 1. The van der Waals surface area contributed by atoms with Gasteiger partial charge in [-0.2, -0.15) is 0 Å². The van der Waals surface area contributed by atoms with Gasteiger partial charge in [0.1, 0.15) is 0 Å². The Hall–Kier alpha value is -0.0800. The molecular formula is C8H16N2. The summed E-state index contributed by atoms with van der Waals surface area (Å²) in [6, 6.07) is 0.794. The van der Waals surface area contributed by atoms with Gasteiger partial charge in [0, 0.05) is 12.6 Å². The molecule has 3 rings (SSSR count). The zero-order chi connectivity index (χ0) is 6.97. The van der Waals surface area contributed by atoms with Gasteiger partial charge in [0.2, 0.25) is 0 Å². The molecule has 10 heavy (non-hydrogen) atoms. The molecule has 0 saturated carbocycles. The highest BCUT2D eigenvalue weighted by atomic mass is 15.2. The van der Waals surface area contributed by atoms with Crippen LogP contribution >= 0.6 is 0 Å². The third-order valence-corrected chi connectivity index (χ3v) is 3.03. The molecule has 3 aliphatic rings. The van der Waals surface area contributed by atoms with Crippen LogP contribution in [0, 0.1) is 5.92 Å². The fourth-order valence-electron chi connectivity index (χ4n) is 2.29. The standard InChI is InChI=1S/C8H16N2/c1-9-8-6-10-4-2-7(8)3-5-10/h7-9H,2-6H2,1H3. The first kappa shape index (κ1) is 6.62. The molecule has 0 radical (unpaired) electrons. The van der Waals surface area contributed by atoms with E-state index in [1.807, 2.05) is 0 Å². The van der Waals surface area contributed by atoms with E-state index < -0.39 is 0 Å². The number of nitrogens with one attached hydrogen (secondary N) is 1. The molecule has 1 N–H and O–H groups in total. The normalized spacial score (nSPS) is 45.9. The monoisotopic (exact) mass is 140 g/mol. The Balaban J connectivity index is 2.01. The molecular weight excluding hydrogens is 124 g/mol. The minimum atomic E-state index is 0.794. The van der Waals surface area contributed by atoms with E-state index in [1.165, 1.54) is 32.5 Å². The van der Waals surface area contributed by atoms with Gasteiger partial charge >= 0.3 is 0 Å². The summed E-state index contributed by atoms with van der Waals surface area (Å²) >= 11 is 0. The van der Waals surface area contributed by atoms with Gasteiger partial charge in [-0.1, -0.05) is 0 Å². The van der Waals surface area contributed by atoms with Crippen molar-refractivity contribution in [2.75, 3.05) is 26.7 Å². The lowest BCUT2D eigenvalue weighted by Crippen LogP contribution is -2.55. The highest BCUT2D eigenvalue weighted by Crippen LogP contribution is 2.26. The second-order valence-corrected chi connectivity index (χ2v) is 3.53. The molecule has 3 heterocycles. The molecule has 58 valence electrons. The molecule has 3 aliphatic heterocycles. The first-order valence-electron chi connectivity index (χ1n) is 4.30. The Kier molecular flexibility index (Phi) is 1.66. The summed E-state index contributed by atoms with van der Waals surface area (Å²) in [6.45, 7) is 3.99. The maximum absolute atomic E-state index is 3.39. The topological polar surface area (TPSA) is 15.3 Å². The summed E-state index contributed by atoms with van der Waals surface area (Å²) in [5.74, 6) is 0.981. The Morgan fingerprint density at radius 1 is 1.30 bits per heavy atom. The second-order valence-electron chi connectivity index (χ2n) is 3.53. The number of rotatable bonds is 1. The van der Waals surface area contributed by atoms with Crippen LogP contribution in [0.4, 0.5) is 0 Å². The number of likely N-dealkylation sites (N-methyl/N-ethyl adjacent to an activating group) is 1. The molecule has 3 fully saturated rings. The maximum atomic E-state index is 3.39. The van der Waals surface area contributed by atoms with Gasteiger partial charge in [0.15, 0.2) is 0 Å². The maximum Gasteiger partial charge on any atom is 0.0221 e. The van der Waals surface area contributed by atoms with Gasteiger partial charge in [-0.05, 0) is 38.9 Å². The lowest BCUT2D eigenvalue weighted by Gasteiger charge is -2.44. The van der Waals surface area contributed by atoms with Crippen LogP contribution in [-0.2, 0) is 0 Å². The Labute approximate surface area is 62.6 Å². The van der Waals surface area contributed by atoms with Crippen LogP contribution in [0.2, 0.25) is 0 Å². The summed E-state index contributed by atoms with van der Waals surface area (Å²) in [7, 11) is 2.09. The first-order chi connectivity index (χ1) is 4.90. The summed E-state index contributed by atoms with van der Waals surface area (Å²) in [6.07, 6.45) is 2.84. The Morgan fingerprint density at radius 3 is 2.30 bits per heavy atom. The minimum Gasteiger partial charge on any atom is -0.315 e. The number of hydrogen-bond acceptors (Lipinski definition) is 2. The summed E-state index contributed by atoms with van der Waals surface area (Å²) in [4.78, 5) is 2.57. The third-order valence-electron chi connectivity index (χ3n) is 3.03. The fourth-order valence-corrected chi connectivity index (χ4v) is 2.29. The van der Waals surface area contributed by atoms with Crippen LogP contribution < -0.4 is 5.32 Å². The second kappa shape index (κ2) is 2.51. The van der Waals surface area contributed by atoms with Gasteiger partial charge in [-0.25, -0.2) is 0 Å². The smallest absolute Gasteiger partial charge is 0.0221 e. The predicted molar refractivity (Wildman–Crippen MR) is 42.0 cm³/mol. The Bertz CT molecular complexity index is 116. The zero-order valence-electron chi connectivity index (χ0n) is 6.64. The molecule has 2 heteroatoms. The van der Waals surface area contributed by atoms with Gasteiger partial charge in [0.25, 0.3) is 0 Å². The first-order valence-corrected chi connectivity index (χ1v) is 4.30. The average molecular weight is 140 g/mol. The van der Waals surface area contributed by atoms with Crippen molar-refractivity contribution in [2.45, 2.75) is 18.9 Å². The van der Waals surface area contributed by atoms with Crippen molar-refractivity contribution in [1.29, 1.82) is 0 Å². The average Bonchev–Trinajstić information content (AvgIpc) is 2.06. The number of piperidine rings is 3. The van der Waals surface area contributed by atoms with Crippen molar-refractivity contribution in [3.63, 3.8) is 0 Å². The third kappa shape index (κ3) is 0.956. The highest BCUT2D eigenvalue weighted by Gasteiger charge is 2.32. The van der Waals surface area contributed by atoms with E-state index in [0.29, 0.717) is 0 Å². The minimum absolute atomic E-state index is 0.794. The van der Waals surface area contributed by atoms with Crippen molar-refractivity contribution in [3.8, 4) is 0 Å². The number of fused-ring (bicyclic) bond motifs is 3. The summed E-state index contributed by atoms with van der Waals surface area (Å²) in [5.41, 5.74) is 0. The molecule has 2 bridgehead atoms. The van der Waals surface area contributed by atoms with Crippen molar-refractivity contribution in [1.82, 2.24) is 10.2 Å². The zero-order valence-corrected chi connectivity index (χ0v) is 6.64. The van der Waals surface area contributed by atoms with E-state index in [4.69, 9.17) is 0 Å². The van der Waals surface area contributed by atoms with Crippen molar-refractivity contribution in [2.24, 2.45) is 5.92 Å². The van der Waals surface area contributed by atoms with Crippen LogP contribution in [0.3, 0.4) is 0 Å². The highest BCUT2D eigenvalue weighted by molar-refractivity contribution is 4.89. The fraction of sp³-hybridized carbons (Fsp3) is 1.00. The quantitative estimate of drug-likeness (QED) is 0.563. The molecule has 0 aromatic carbocycles. The van der Waals surface area contributed by atoms with Crippen molar-refractivity contribution in [3.05, 3.63) is 0 Å². The van der Waals surface area contributed by atoms with Crippen LogP contribution in [0.15, 0.2) is 0 Å². The lowest BCUT2D eigenvalue weighted by molar-refractivity contribution is 0.0764. The molecule has 1 atom stereocenters. The van der Waals surface area contributed by atoms with E-state index >= 15 is 0 Å². The van der Waals surface area contributed by atoms with E-state index in [0.717, 1.165) is 12.0 Å². The lowest BCUT2D eigenvalue weighted by atomic mass is 9.84. The molecule has 0 spiro atoms. The van der Waals surface area contributed by atoms with E-state index in [2.05, 4.69) is 17.3 Å². The van der Waals surface area contributed by atoms with Gasteiger partial charge in [0.05, 0.1) is 0 Å². The van der Waals surface area contributed by atoms with Crippen molar-refractivity contribution < 1.29 is 0 Å². The van der Waals surface area contributed by atoms with Crippen molar-refractivity contribution >= 4 is 0 Å². The van der Waals surface area contributed by atoms with Crippen LogP contribution in [-0.4, -0.2) is 37.6 Å². The van der Waals surface area contributed by atoms with E-state index in [9.17, 15) is 0 Å². The van der Waals surface area contributed by atoms with Gasteiger partial charge in [-0.15, -0.1) is 0 Å². The summed E-state index contributed by atoms with van der Waals surface area (Å²) in [5, 5.41) is 3.39. The molecule has 2 nitrogen and oxygen atoms in total. The van der Waals surface area contributed by atoms with Gasteiger partial charge < -0.3 is 10.2 Å². The molecule has 1 unspecified atom stereocenters. The molecule has 0 aromatic heterocycles. The molecule has 0 amide bonds. The predicted octanol–water partition coefficient (Wildman–Crippen LogP) is 0.300. The van der Waals surface area contributed by atoms with Crippen LogP contribution in [0.1, 0.15) is 12.8 Å². The molecule has 0 aromatic rings. The Morgan fingerprint density at radius 2 is 2.00 bits per heavy atom.